The molecule has 1 N–H and O–H groups in total. The molecule has 0 atom stereocenters. The highest BCUT2D eigenvalue weighted by atomic mass is 79.9. The van der Waals surface area contributed by atoms with Gasteiger partial charge in [0.2, 0.25) is 5.88 Å². The Hall–Kier alpha value is -1.55. The van der Waals surface area contributed by atoms with Gasteiger partial charge < -0.3 is 10.1 Å². The highest BCUT2D eigenvalue weighted by molar-refractivity contribution is 9.10. The van der Waals surface area contributed by atoms with Gasteiger partial charge in [-0.05, 0) is 42.7 Å². The number of aryl methyl sites for hydroxylation is 2. The van der Waals surface area contributed by atoms with Crippen LogP contribution in [-0.2, 0) is 6.54 Å². The minimum atomic E-state index is 0.639. The van der Waals surface area contributed by atoms with E-state index in [0.29, 0.717) is 5.88 Å². The lowest BCUT2D eigenvalue weighted by Crippen LogP contribution is -2.03. The number of aromatic nitrogens is 1. The molecule has 0 saturated carbocycles. The second kappa shape index (κ2) is 6.06. The number of nitrogens with one attached hydrogen (secondary N) is 1. The molecule has 0 spiro atoms. The summed E-state index contributed by atoms with van der Waals surface area (Å²) in [7, 11) is 1.62. The molecule has 0 aliphatic heterocycles. The number of benzene rings is 1. The highest BCUT2D eigenvalue weighted by Crippen LogP contribution is 2.25. The van der Waals surface area contributed by atoms with Crippen molar-refractivity contribution in [2.24, 2.45) is 0 Å². The van der Waals surface area contributed by atoms with Gasteiger partial charge in [-0.25, -0.2) is 4.98 Å². The summed E-state index contributed by atoms with van der Waals surface area (Å²) in [5.41, 5.74) is 4.77. The molecular formula is C15H17BrN2O. The molecule has 2 rings (SSSR count). The van der Waals surface area contributed by atoms with Crippen LogP contribution in [0.4, 0.5) is 5.69 Å². The Morgan fingerprint density at radius 2 is 1.89 bits per heavy atom. The van der Waals surface area contributed by atoms with Crippen molar-refractivity contribution in [3.8, 4) is 5.88 Å². The summed E-state index contributed by atoms with van der Waals surface area (Å²) in [6.45, 7) is 4.96. The van der Waals surface area contributed by atoms with E-state index in [1.54, 1.807) is 7.11 Å². The van der Waals surface area contributed by atoms with E-state index >= 15 is 0 Å². The Morgan fingerprint density at radius 1 is 1.21 bits per heavy atom. The minimum Gasteiger partial charge on any atom is -0.481 e. The van der Waals surface area contributed by atoms with Crippen molar-refractivity contribution in [2.45, 2.75) is 20.4 Å². The minimum absolute atomic E-state index is 0.639. The fraction of sp³-hybridized carbons (Fsp3) is 0.267. The zero-order valence-electron chi connectivity index (χ0n) is 11.3. The third-order valence-electron chi connectivity index (χ3n) is 2.97. The zero-order valence-corrected chi connectivity index (χ0v) is 12.9. The van der Waals surface area contributed by atoms with Crippen LogP contribution < -0.4 is 10.1 Å². The quantitative estimate of drug-likeness (QED) is 0.921. The van der Waals surface area contributed by atoms with Crippen molar-refractivity contribution in [2.75, 3.05) is 12.4 Å². The standard InChI is InChI=1S/C15H17BrN2O/c1-10-6-13(16)7-11(2)15(10)18-9-12-4-5-14(19-3)17-8-12/h4-8,18H,9H2,1-3H3. The van der Waals surface area contributed by atoms with Crippen LogP contribution in [0.5, 0.6) is 5.88 Å². The van der Waals surface area contributed by atoms with Crippen molar-refractivity contribution in [1.82, 2.24) is 4.98 Å². The summed E-state index contributed by atoms with van der Waals surface area (Å²) in [5, 5.41) is 3.46. The van der Waals surface area contributed by atoms with Gasteiger partial charge in [0.15, 0.2) is 0 Å². The molecule has 19 heavy (non-hydrogen) atoms. The first kappa shape index (κ1) is 13.9. The van der Waals surface area contributed by atoms with E-state index in [0.717, 1.165) is 16.6 Å². The largest absolute Gasteiger partial charge is 0.481 e. The first-order valence-corrected chi connectivity index (χ1v) is 6.89. The summed E-state index contributed by atoms with van der Waals surface area (Å²) in [4.78, 5) is 4.20. The monoisotopic (exact) mass is 320 g/mol. The number of hydrogen-bond donors (Lipinski definition) is 1. The Labute approximate surface area is 122 Å². The van der Waals surface area contributed by atoms with Crippen LogP contribution in [0.1, 0.15) is 16.7 Å². The molecule has 0 unspecified atom stereocenters. The summed E-state index contributed by atoms with van der Waals surface area (Å²) >= 11 is 3.51. The van der Waals surface area contributed by atoms with Crippen molar-refractivity contribution >= 4 is 21.6 Å². The Bertz CT molecular complexity index is 544. The van der Waals surface area contributed by atoms with E-state index in [2.05, 4.69) is 52.2 Å². The number of ether oxygens (including phenoxy) is 1. The predicted molar refractivity (Wildman–Crippen MR) is 81.7 cm³/mol. The molecule has 1 aromatic heterocycles. The van der Waals surface area contributed by atoms with Gasteiger partial charge in [0, 0.05) is 29.0 Å². The third kappa shape index (κ3) is 3.47. The van der Waals surface area contributed by atoms with Gasteiger partial charge in [-0.1, -0.05) is 22.0 Å². The molecule has 0 amide bonds. The van der Waals surface area contributed by atoms with Gasteiger partial charge in [-0.3, -0.25) is 0 Å². The third-order valence-corrected chi connectivity index (χ3v) is 3.43. The average Bonchev–Trinajstić information content (AvgIpc) is 2.38. The maximum atomic E-state index is 5.05. The van der Waals surface area contributed by atoms with E-state index in [1.807, 2.05) is 18.3 Å². The fourth-order valence-corrected chi connectivity index (χ4v) is 2.70. The van der Waals surface area contributed by atoms with E-state index in [1.165, 1.54) is 16.8 Å². The number of methoxy groups -OCH3 is 1. The molecule has 4 heteroatoms. The van der Waals surface area contributed by atoms with Crippen LogP contribution in [0.3, 0.4) is 0 Å². The summed E-state index contributed by atoms with van der Waals surface area (Å²) in [5.74, 6) is 0.639. The van der Waals surface area contributed by atoms with Gasteiger partial charge in [0.1, 0.15) is 0 Å². The van der Waals surface area contributed by atoms with Crippen LogP contribution in [0.2, 0.25) is 0 Å². The molecule has 0 bridgehead atoms. The van der Waals surface area contributed by atoms with Gasteiger partial charge in [0.25, 0.3) is 0 Å². The maximum absolute atomic E-state index is 5.05. The van der Waals surface area contributed by atoms with Crippen molar-refractivity contribution in [1.29, 1.82) is 0 Å². The molecule has 1 heterocycles. The number of rotatable bonds is 4. The van der Waals surface area contributed by atoms with E-state index in [9.17, 15) is 0 Å². The number of halogens is 1. The molecule has 0 saturated heterocycles. The molecule has 2 aromatic rings. The van der Waals surface area contributed by atoms with Gasteiger partial charge in [0.05, 0.1) is 7.11 Å². The first-order valence-electron chi connectivity index (χ1n) is 6.09. The summed E-state index contributed by atoms with van der Waals surface area (Å²) in [6, 6.07) is 8.11. The highest BCUT2D eigenvalue weighted by Gasteiger charge is 2.04. The lowest BCUT2D eigenvalue weighted by atomic mass is 10.1. The van der Waals surface area contributed by atoms with Gasteiger partial charge in [-0.15, -0.1) is 0 Å². The normalized spacial score (nSPS) is 10.3. The first-order chi connectivity index (χ1) is 9.10. The number of pyridine rings is 1. The number of anilines is 1. The number of nitrogens with zero attached hydrogens (tertiary/aromatic N) is 1. The maximum Gasteiger partial charge on any atom is 0.212 e. The molecule has 0 aliphatic rings. The Morgan fingerprint density at radius 3 is 2.42 bits per heavy atom. The molecule has 0 fully saturated rings. The van der Waals surface area contributed by atoms with Crippen molar-refractivity contribution in [3.63, 3.8) is 0 Å². The smallest absolute Gasteiger partial charge is 0.212 e. The number of hydrogen-bond acceptors (Lipinski definition) is 3. The molecule has 0 radical (unpaired) electrons. The van der Waals surface area contributed by atoms with E-state index in [4.69, 9.17) is 4.74 Å². The van der Waals surface area contributed by atoms with E-state index in [-0.39, 0.29) is 0 Å². The van der Waals surface area contributed by atoms with Crippen molar-refractivity contribution < 1.29 is 4.74 Å². The average molecular weight is 321 g/mol. The topological polar surface area (TPSA) is 34.1 Å². The molecule has 0 aliphatic carbocycles. The van der Waals surface area contributed by atoms with Crippen LogP contribution >= 0.6 is 15.9 Å². The van der Waals surface area contributed by atoms with Crippen LogP contribution in [0, 0.1) is 13.8 Å². The second-order valence-electron chi connectivity index (χ2n) is 4.48. The predicted octanol–water partition coefficient (Wildman–Crippen LogP) is 4.08. The van der Waals surface area contributed by atoms with E-state index < -0.39 is 0 Å². The lowest BCUT2D eigenvalue weighted by Gasteiger charge is -2.13. The van der Waals surface area contributed by atoms with Crippen LogP contribution in [0.15, 0.2) is 34.9 Å². The van der Waals surface area contributed by atoms with Crippen LogP contribution in [-0.4, -0.2) is 12.1 Å². The lowest BCUT2D eigenvalue weighted by molar-refractivity contribution is 0.397. The molecule has 100 valence electrons. The fourth-order valence-electron chi connectivity index (χ4n) is 2.02. The second-order valence-corrected chi connectivity index (χ2v) is 5.39. The van der Waals surface area contributed by atoms with Crippen molar-refractivity contribution in [3.05, 3.63) is 51.6 Å². The molecule has 3 nitrogen and oxygen atoms in total. The summed E-state index contributed by atoms with van der Waals surface area (Å²) < 4.78 is 6.16. The Balaban J connectivity index is 2.10. The SMILES string of the molecule is COc1ccc(CNc2c(C)cc(Br)cc2C)cn1. The summed E-state index contributed by atoms with van der Waals surface area (Å²) in [6.07, 6.45) is 1.83. The van der Waals surface area contributed by atoms with Gasteiger partial charge >= 0.3 is 0 Å². The molecule has 1 aromatic carbocycles. The van der Waals surface area contributed by atoms with Crippen LogP contribution in [0.25, 0.3) is 0 Å². The van der Waals surface area contributed by atoms with Gasteiger partial charge in [-0.2, -0.15) is 0 Å². The zero-order chi connectivity index (χ0) is 13.8. The molecular weight excluding hydrogens is 304 g/mol. The Kier molecular flexibility index (Phi) is 4.43.